The summed E-state index contributed by atoms with van der Waals surface area (Å²) in [6, 6.07) is 12.0. The number of para-hydroxylation sites is 1. The van der Waals surface area contributed by atoms with Gasteiger partial charge in [-0.15, -0.1) is 0 Å². The van der Waals surface area contributed by atoms with Gasteiger partial charge in [0.25, 0.3) is 5.91 Å². The predicted molar refractivity (Wildman–Crippen MR) is 97.8 cm³/mol. The van der Waals surface area contributed by atoms with Crippen molar-refractivity contribution >= 4 is 17.3 Å². The summed E-state index contributed by atoms with van der Waals surface area (Å²) in [5, 5.41) is 21.8. The summed E-state index contributed by atoms with van der Waals surface area (Å²) in [7, 11) is 0. The van der Waals surface area contributed by atoms with E-state index in [-0.39, 0.29) is 12.2 Å². The van der Waals surface area contributed by atoms with Crippen LogP contribution in [0.1, 0.15) is 23.6 Å². The smallest absolute Gasteiger partial charge is 0.378 e. The second-order valence-corrected chi connectivity index (χ2v) is 6.90. The zero-order chi connectivity index (χ0) is 20.5. The Morgan fingerprint density at radius 1 is 1.29 bits per heavy atom. The molecule has 1 aliphatic rings. The highest BCUT2D eigenvalue weighted by Gasteiger charge is 2.36. The zero-order valence-electron chi connectivity index (χ0n) is 15.0. The van der Waals surface area contributed by atoms with E-state index in [2.05, 4.69) is 5.32 Å². The molecule has 1 heterocycles. The molecule has 5 nitrogen and oxygen atoms in total. The number of carbonyl (C=O) groups is 1. The number of β-amino-alcohol motifs (C(OH)–C–C–N with tert-alkyl or cyclic N) is 1. The molecule has 2 N–H and O–H groups in total. The molecule has 0 aliphatic carbocycles. The molecule has 1 unspecified atom stereocenters. The van der Waals surface area contributed by atoms with Gasteiger partial charge in [-0.1, -0.05) is 18.2 Å². The molecule has 8 heteroatoms. The van der Waals surface area contributed by atoms with E-state index in [0.717, 1.165) is 23.7 Å². The van der Waals surface area contributed by atoms with Crippen LogP contribution >= 0.6 is 0 Å². The largest absolute Gasteiger partial charge is 0.417 e. The number of hydrogen-bond acceptors (Lipinski definition) is 4. The third kappa shape index (κ3) is 3.94. The first kappa shape index (κ1) is 19.7. The molecule has 0 spiro atoms. The summed E-state index contributed by atoms with van der Waals surface area (Å²) in [5.74, 6) is -0.824. The summed E-state index contributed by atoms with van der Waals surface area (Å²) >= 11 is 0. The number of hydrogen-bond donors (Lipinski definition) is 2. The fourth-order valence-corrected chi connectivity index (χ4v) is 3.23. The number of anilines is 2. The maximum absolute atomic E-state index is 13.1. The minimum absolute atomic E-state index is 0.00173. The highest BCUT2D eigenvalue weighted by Crippen LogP contribution is 2.34. The average molecular weight is 389 g/mol. The van der Waals surface area contributed by atoms with Crippen LogP contribution in [0.4, 0.5) is 24.5 Å². The van der Waals surface area contributed by atoms with Crippen molar-refractivity contribution in [2.24, 2.45) is 0 Å². The minimum Gasteiger partial charge on any atom is -0.378 e. The number of rotatable bonds is 4. The van der Waals surface area contributed by atoms with Crippen LogP contribution in [0.15, 0.2) is 42.5 Å². The van der Waals surface area contributed by atoms with Crippen molar-refractivity contribution in [3.8, 4) is 6.07 Å². The van der Waals surface area contributed by atoms with E-state index >= 15 is 0 Å². The second-order valence-electron chi connectivity index (χ2n) is 6.90. The van der Waals surface area contributed by atoms with Crippen molar-refractivity contribution in [1.82, 2.24) is 0 Å². The number of nitrogens with zero attached hydrogens (tertiary/aromatic N) is 2. The van der Waals surface area contributed by atoms with Crippen molar-refractivity contribution in [2.75, 3.05) is 23.3 Å². The molecule has 0 aromatic heterocycles. The molecule has 1 aliphatic heterocycles. The van der Waals surface area contributed by atoms with Crippen molar-refractivity contribution in [3.05, 3.63) is 59.2 Å². The topological polar surface area (TPSA) is 76.4 Å². The Morgan fingerprint density at radius 3 is 2.68 bits per heavy atom. The van der Waals surface area contributed by atoms with Crippen LogP contribution in [0.3, 0.4) is 0 Å². The summed E-state index contributed by atoms with van der Waals surface area (Å²) in [4.78, 5) is 14.4. The van der Waals surface area contributed by atoms with Crippen LogP contribution in [0.2, 0.25) is 0 Å². The van der Waals surface area contributed by atoms with Crippen LogP contribution in [-0.2, 0) is 17.4 Å². The number of amides is 1. The van der Waals surface area contributed by atoms with E-state index in [4.69, 9.17) is 5.26 Å². The van der Waals surface area contributed by atoms with Gasteiger partial charge in [-0.05, 0) is 43.2 Å². The van der Waals surface area contributed by atoms with Gasteiger partial charge in [0.05, 0.1) is 23.7 Å². The van der Waals surface area contributed by atoms with Crippen molar-refractivity contribution in [3.63, 3.8) is 0 Å². The van der Waals surface area contributed by atoms with Crippen LogP contribution in [0.25, 0.3) is 0 Å². The molecular weight excluding hydrogens is 371 g/mol. The van der Waals surface area contributed by atoms with E-state index in [0.29, 0.717) is 12.6 Å². The molecule has 146 valence electrons. The van der Waals surface area contributed by atoms with Crippen LogP contribution < -0.4 is 10.2 Å². The van der Waals surface area contributed by atoms with E-state index in [9.17, 15) is 23.1 Å². The highest BCUT2D eigenvalue weighted by atomic mass is 19.4. The van der Waals surface area contributed by atoms with Crippen molar-refractivity contribution < 1.29 is 23.1 Å². The molecule has 0 saturated heterocycles. The first-order chi connectivity index (χ1) is 13.1. The van der Waals surface area contributed by atoms with E-state index in [1.165, 1.54) is 19.1 Å². The van der Waals surface area contributed by atoms with Gasteiger partial charge in [0.2, 0.25) is 0 Å². The Kier molecular flexibility index (Phi) is 5.04. The van der Waals surface area contributed by atoms with Gasteiger partial charge in [0.15, 0.2) is 5.60 Å². The van der Waals surface area contributed by atoms with Gasteiger partial charge in [-0.3, -0.25) is 4.79 Å². The first-order valence-corrected chi connectivity index (χ1v) is 8.60. The second kappa shape index (κ2) is 7.17. The maximum atomic E-state index is 13.1. The van der Waals surface area contributed by atoms with E-state index < -0.39 is 28.8 Å². The number of nitrogens with one attached hydrogen (secondary N) is 1. The summed E-state index contributed by atoms with van der Waals surface area (Å²) in [5.41, 5.74) is -1.61. The van der Waals surface area contributed by atoms with Crippen LogP contribution in [0.5, 0.6) is 0 Å². The van der Waals surface area contributed by atoms with Gasteiger partial charge in [0, 0.05) is 17.9 Å². The molecule has 1 amide bonds. The Morgan fingerprint density at radius 2 is 2.00 bits per heavy atom. The van der Waals surface area contributed by atoms with Crippen molar-refractivity contribution in [1.29, 1.82) is 5.26 Å². The molecule has 0 bridgehead atoms. The third-order valence-corrected chi connectivity index (χ3v) is 4.67. The normalized spacial score (nSPS) is 15.5. The molecule has 2 aromatic carbocycles. The molecule has 0 radical (unpaired) electrons. The van der Waals surface area contributed by atoms with Crippen LogP contribution in [-0.4, -0.2) is 29.7 Å². The fraction of sp³-hybridized carbons (Fsp3) is 0.300. The monoisotopic (exact) mass is 389 g/mol. The zero-order valence-corrected chi connectivity index (χ0v) is 15.0. The number of alkyl halides is 3. The molecule has 0 fully saturated rings. The molecule has 0 saturated carbocycles. The standard InChI is InChI=1S/C20H18F3N3O2/c1-19(28,12-26-9-8-13-4-2-3-5-17(13)26)18(27)25-15-7-6-14(11-24)16(10-15)20(21,22)23/h2-7,10,28H,8-9,12H2,1H3,(H,25,27). The Labute approximate surface area is 160 Å². The fourth-order valence-electron chi connectivity index (χ4n) is 3.23. The maximum Gasteiger partial charge on any atom is 0.417 e. The van der Waals surface area contributed by atoms with Crippen molar-refractivity contribution in [2.45, 2.75) is 25.1 Å². The van der Waals surface area contributed by atoms with Gasteiger partial charge in [-0.2, -0.15) is 18.4 Å². The average Bonchev–Trinajstić information content (AvgIpc) is 3.03. The molecule has 1 atom stereocenters. The number of halogens is 3. The molecule has 28 heavy (non-hydrogen) atoms. The number of fused-ring (bicyclic) bond motifs is 1. The van der Waals surface area contributed by atoms with E-state index in [1.807, 2.05) is 29.2 Å². The lowest BCUT2D eigenvalue weighted by Crippen LogP contribution is -2.49. The van der Waals surface area contributed by atoms with Gasteiger partial charge in [0.1, 0.15) is 0 Å². The van der Waals surface area contributed by atoms with E-state index in [1.54, 1.807) is 0 Å². The quantitative estimate of drug-likeness (QED) is 0.841. The van der Waals surface area contributed by atoms with Crippen LogP contribution in [0, 0.1) is 11.3 Å². The molecular formula is C20H18F3N3O2. The van der Waals surface area contributed by atoms with Gasteiger partial charge >= 0.3 is 6.18 Å². The molecule has 3 rings (SSSR count). The summed E-state index contributed by atoms with van der Waals surface area (Å²) < 4.78 is 39.2. The third-order valence-electron chi connectivity index (χ3n) is 4.67. The molecule has 2 aromatic rings. The Bertz CT molecular complexity index is 948. The number of nitriles is 1. The number of carbonyl (C=O) groups excluding carboxylic acids is 1. The van der Waals surface area contributed by atoms with Gasteiger partial charge < -0.3 is 15.3 Å². The van der Waals surface area contributed by atoms with Gasteiger partial charge in [-0.25, -0.2) is 0 Å². The minimum atomic E-state index is -4.73. The lowest BCUT2D eigenvalue weighted by Gasteiger charge is -2.29. The number of aliphatic hydroxyl groups is 1. The SMILES string of the molecule is CC(O)(CN1CCc2ccccc21)C(=O)Nc1ccc(C#N)c(C(F)(F)F)c1. The lowest BCUT2D eigenvalue weighted by molar-refractivity contribution is -0.138. The summed E-state index contributed by atoms with van der Waals surface area (Å²) in [6.07, 6.45) is -3.94. The first-order valence-electron chi connectivity index (χ1n) is 8.60. The predicted octanol–water partition coefficient (Wildman–Crippen LogP) is 3.33. The highest BCUT2D eigenvalue weighted by molar-refractivity contribution is 5.97. The Hall–Kier alpha value is -3.05. The lowest BCUT2D eigenvalue weighted by atomic mass is 10.0. The Balaban J connectivity index is 1.76. The number of benzene rings is 2. The summed E-state index contributed by atoms with van der Waals surface area (Å²) in [6.45, 7) is 1.95.